The summed E-state index contributed by atoms with van der Waals surface area (Å²) in [4.78, 5) is 11.2. The average Bonchev–Trinajstić information content (AvgIpc) is 2.27. The van der Waals surface area contributed by atoms with Crippen molar-refractivity contribution in [3.05, 3.63) is 34.6 Å². The van der Waals surface area contributed by atoms with Gasteiger partial charge in [0.15, 0.2) is 5.82 Å². The fourth-order valence-corrected chi connectivity index (χ4v) is 1.16. The largest absolute Gasteiger partial charge is 0.465 e. The maximum atomic E-state index is 13.5. The van der Waals surface area contributed by atoms with Gasteiger partial charge in [-0.25, -0.2) is 9.18 Å². The topological polar surface area (TPSA) is 70.3 Å². The second-order valence-corrected chi connectivity index (χ2v) is 2.72. The maximum absolute atomic E-state index is 13.5. The molecule has 0 bridgehead atoms. The van der Waals surface area contributed by atoms with Gasteiger partial charge in [0.2, 0.25) is 0 Å². The maximum Gasteiger partial charge on any atom is 0.341 e. The lowest BCUT2D eigenvalue weighted by molar-refractivity contribution is 0.0591. The minimum atomic E-state index is -0.962. The molecule has 0 amide bonds. The Kier molecular flexibility index (Phi) is 3.37. The number of nitrogens with zero attached hydrogens (tertiary/aromatic N) is 1. The third-order valence-corrected chi connectivity index (χ3v) is 1.91. The summed E-state index contributed by atoms with van der Waals surface area (Å²) < 4.78 is 17.9. The molecule has 0 spiro atoms. The van der Waals surface area contributed by atoms with Crippen molar-refractivity contribution < 1.29 is 19.0 Å². The summed E-state index contributed by atoms with van der Waals surface area (Å²) in [7, 11) is 1.10. The van der Waals surface area contributed by atoms with Gasteiger partial charge in [0.05, 0.1) is 19.3 Å². The Morgan fingerprint density at radius 1 is 1.67 bits per heavy atom. The van der Waals surface area contributed by atoms with Crippen LogP contribution in [-0.4, -0.2) is 18.2 Å². The van der Waals surface area contributed by atoms with E-state index in [4.69, 9.17) is 10.4 Å². The van der Waals surface area contributed by atoms with Gasteiger partial charge in [-0.2, -0.15) is 5.26 Å². The molecule has 0 aliphatic carbocycles. The fourth-order valence-electron chi connectivity index (χ4n) is 1.16. The van der Waals surface area contributed by atoms with Crippen molar-refractivity contribution in [1.29, 1.82) is 5.26 Å². The highest BCUT2D eigenvalue weighted by Crippen LogP contribution is 2.18. The Morgan fingerprint density at radius 2 is 2.33 bits per heavy atom. The molecule has 78 valence electrons. The summed E-state index contributed by atoms with van der Waals surface area (Å²) in [5.74, 6) is -1.87. The zero-order chi connectivity index (χ0) is 11.4. The van der Waals surface area contributed by atoms with Gasteiger partial charge in [0.1, 0.15) is 11.6 Å². The van der Waals surface area contributed by atoms with E-state index in [1.54, 1.807) is 6.07 Å². The number of aliphatic hydroxyl groups excluding tert-OH is 1. The van der Waals surface area contributed by atoms with E-state index in [1.165, 1.54) is 12.1 Å². The lowest BCUT2D eigenvalue weighted by Crippen LogP contribution is -2.10. The van der Waals surface area contributed by atoms with Gasteiger partial charge < -0.3 is 9.84 Å². The first-order valence-electron chi connectivity index (χ1n) is 4.06. The van der Waals surface area contributed by atoms with Crippen LogP contribution < -0.4 is 0 Å². The van der Waals surface area contributed by atoms with E-state index < -0.39 is 18.4 Å². The van der Waals surface area contributed by atoms with E-state index in [0.717, 1.165) is 7.11 Å². The van der Waals surface area contributed by atoms with Crippen molar-refractivity contribution in [1.82, 2.24) is 0 Å². The summed E-state index contributed by atoms with van der Waals surface area (Å²) >= 11 is 0. The van der Waals surface area contributed by atoms with Gasteiger partial charge in [-0.3, -0.25) is 0 Å². The first-order valence-corrected chi connectivity index (χ1v) is 4.06. The monoisotopic (exact) mass is 209 g/mol. The number of halogens is 1. The molecule has 4 nitrogen and oxygen atoms in total. The number of benzene rings is 1. The number of aliphatic hydroxyl groups is 1. The highest BCUT2D eigenvalue weighted by molar-refractivity contribution is 5.91. The predicted molar refractivity (Wildman–Crippen MR) is 48.4 cm³/mol. The van der Waals surface area contributed by atoms with E-state index >= 15 is 0 Å². The van der Waals surface area contributed by atoms with Gasteiger partial charge in [-0.15, -0.1) is 0 Å². The molecular formula is C10H8FNO3. The molecule has 0 aromatic heterocycles. The van der Waals surface area contributed by atoms with Gasteiger partial charge >= 0.3 is 5.97 Å². The molecule has 0 aliphatic heterocycles. The van der Waals surface area contributed by atoms with Gasteiger partial charge in [-0.05, 0) is 11.6 Å². The molecule has 0 unspecified atom stereocenters. The molecule has 0 heterocycles. The first kappa shape index (κ1) is 11.1. The van der Waals surface area contributed by atoms with Gasteiger partial charge in [-0.1, -0.05) is 6.07 Å². The van der Waals surface area contributed by atoms with Crippen LogP contribution in [0.2, 0.25) is 0 Å². The van der Waals surface area contributed by atoms with Crippen LogP contribution >= 0.6 is 0 Å². The van der Waals surface area contributed by atoms with Crippen molar-refractivity contribution in [2.75, 3.05) is 7.11 Å². The number of nitriles is 1. The molecule has 1 aromatic rings. The Labute approximate surface area is 85.5 Å². The minimum absolute atomic E-state index is 0.0957. The molecule has 0 saturated heterocycles. The van der Waals surface area contributed by atoms with Crippen molar-refractivity contribution >= 4 is 5.97 Å². The number of hydrogen-bond donors (Lipinski definition) is 1. The van der Waals surface area contributed by atoms with E-state index in [-0.39, 0.29) is 16.7 Å². The van der Waals surface area contributed by atoms with Crippen molar-refractivity contribution in [3.8, 4) is 6.07 Å². The zero-order valence-corrected chi connectivity index (χ0v) is 7.95. The number of hydrogen-bond acceptors (Lipinski definition) is 4. The van der Waals surface area contributed by atoms with Crippen LogP contribution in [0.5, 0.6) is 0 Å². The third-order valence-electron chi connectivity index (χ3n) is 1.91. The SMILES string of the molecule is COC(=O)c1c(CO)ccc(C#N)c1F. The fraction of sp³-hybridized carbons (Fsp3) is 0.200. The summed E-state index contributed by atoms with van der Waals surface area (Å²) in [5, 5.41) is 17.4. The molecule has 0 radical (unpaired) electrons. The zero-order valence-electron chi connectivity index (χ0n) is 7.95. The molecule has 1 rings (SSSR count). The standard InChI is InChI=1S/C10H8FNO3/c1-15-10(14)8-7(5-13)3-2-6(4-12)9(8)11/h2-3,13H,5H2,1H3. The lowest BCUT2D eigenvalue weighted by Gasteiger charge is -2.07. The number of carbonyl (C=O) groups excluding carboxylic acids is 1. The van der Waals surface area contributed by atoms with Crippen LogP contribution in [0.15, 0.2) is 12.1 Å². The summed E-state index contributed by atoms with van der Waals surface area (Å²) in [6.45, 7) is -0.493. The number of rotatable bonds is 2. The van der Waals surface area contributed by atoms with Crippen LogP contribution in [0.4, 0.5) is 4.39 Å². The van der Waals surface area contributed by atoms with Crippen molar-refractivity contribution in [2.45, 2.75) is 6.61 Å². The summed E-state index contributed by atoms with van der Waals surface area (Å²) in [6.07, 6.45) is 0. The summed E-state index contributed by atoms with van der Waals surface area (Å²) in [6, 6.07) is 4.12. The van der Waals surface area contributed by atoms with Crippen LogP contribution in [-0.2, 0) is 11.3 Å². The van der Waals surface area contributed by atoms with E-state index in [2.05, 4.69) is 4.74 Å². The molecule has 0 saturated carbocycles. The van der Waals surface area contributed by atoms with Gasteiger partial charge in [0, 0.05) is 0 Å². The highest BCUT2D eigenvalue weighted by Gasteiger charge is 2.19. The van der Waals surface area contributed by atoms with Crippen molar-refractivity contribution in [2.24, 2.45) is 0 Å². The molecule has 0 atom stereocenters. The van der Waals surface area contributed by atoms with Crippen LogP contribution in [0, 0.1) is 17.1 Å². The number of ether oxygens (including phenoxy) is 1. The number of methoxy groups -OCH3 is 1. The Morgan fingerprint density at radius 3 is 2.80 bits per heavy atom. The Balaban J connectivity index is 3.44. The molecular weight excluding hydrogens is 201 g/mol. The Bertz CT molecular complexity index is 437. The van der Waals surface area contributed by atoms with Crippen LogP contribution in [0.3, 0.4) is 0 Å². The first-order chi connectivity index (χ1) is 7.15. The molecule has 1 N–H and O–H groups in total. The van der Waals surface area contributed by atoms with E-state index in [1.807, 2.05) is 0 Å². The normalized spacial score (nSPS) is 9.47. The van der Waals surface area contributed by atoms with E-state index in [9.17, 15) is 9.18 Å². The van der Waals surface area contributed by atoms with E-state index in [0.29, 0.717) is 0 Å². The smallest absolute Gasteiger partial charge is 0.341 e. The third kappa shape index (κ3) is 1.95. The number of carbonyl (C=O) groups is 1. The lowest BCUT2D eigenvalue weighted by atomic mass is 10.0. The summed E-state index contributed by atoms with van der Waals surface area (Å²) in [5.41, 5.74) is -0.551. The van der Waals surface area contributed by atoms with Crippen LogP contribution in [0.25, 0.3) is 0 Å². The molecule has 15 heavy (non-hydrogen) atoms. The molecule has 1 aromatic carbocycles. The molecule has 5 heteroatoms. The Hall–Kier alpha value is -1.93. The molecule has 0 aliphatic rings. The quantitative estimate of drug-likeness (QED) is 0.737. The van der Waals surface area contributed by atoms with Crippen LogP contribution in [0.1, 0.15) is 21.5 Å². The second kappa shape index (κ2) is 4.53. The average molecular weight is 209 g/mol. The van der Waals surface area contributed by atoms with Gasteiger partial charge in [0.25, 0.3) is 0 Å². The molecule has 0 fully saturated rings. The second-order valence-electron chi connectivity index (χ2n) is 2.72. The highest BCUT2D eigenvalue weighted by atomic mass is 19.1. The predicted octanol–water partition coefficient (Wildman–Crippen LogP) is 0.976. The van der Waals surface area contributed by atoms with Crippen molar-refractivity contribution in [3.63, 3.8) is 0 Å². The number of esters is 1. The minimum Gasteiger partial charge on any atom is -0.465 e.